The first-order valence-electron chi connectivity index (χ1n) is 11.5. The molecule has 0 aromatic rings. The first-order chi connectivity index (χ1) is 12.4. The van der Waals surface area contributed by atoms with Crippen LogP contribution in [0.1, 0.15) is 78.6 Å². The zero-order chi connectivity index (χ0) is 18.5. The molecule has 1 aliphatic heterocycles. The molecule has 0 amide bonds. The molecule has 1 saturated heterocycles. The smallest absolute Gasteiger partial charge is 0.119 e. The van der Waals surface area contributed by atoms with E-state index in [9.17, 15) is 4.79 Å². The molecule has 4 rings (SSSR count). The molecule has 0 aromatic carbocycles. The van der Waals surface area contributed by atoms with Crippen LogP contribution in [-0.4, -0.2) is 31.3 Å². The average Bonchev–Trinajstić information content (AvgIpc) is 2.93. The van der Waals surface area contributed by atoms with Gasteiger partial charge in [-0.05, 0) is 111 Å². The van der Waals surface area contributed by atoms with Gasteiger partial charge in [-0.15, -0.1) is 0 Å². The second kappa shape index (κ2) is 6.90. The lowest BCUT2D eigenvalue weighted by Crippen LogP contribution is -2.58. The Hall–Kier alpha value is -0.370. The highest BCUT2D eigenvalue weighted by Gasteiger charge is 2.61. The van der Waals surface area contributed by atoms with E-state index >= 15 is 0 Å². The summed E-state index contributed by atoms with van der Waals surface area (Å²) >= 11 is 0. The number of hydrogen-bond acceptors (Lipinski definition) is 2. The van der Waals surface area contributed by atoms with E-state index < -0.39 is 0 Å². The summed E-state index contributed by atoms with van der Waals surface area (Å²) in [5.74, 6) is 5.60. The number of likely N-dealkylation sites (tertiary alicyclic amines) is 1. The maximum absolute atomic E-state index is 10.8. The molecule has 148 valence electrons. The van der Waals surface area contributed by atoms with Crippen LogP contribution >= 0.6 is 0 Å². The lowest BCUT2D eigenvalue weighted by atomic mass is 9.43. The minimum atomic E-state index is 0.562. The van der Waals surface area contributed by atoms with E-state index in [1.807, 2.05) is 0 Å². The van der Waals surface area contributed by atoms with Gasteiger partial charge in [0.05, 0.1) is 0 Å². The molecule has 0 spiro atoms. The van der Waals surface area contributed by atoms with Crippen molar-refractivity contribution >= 4 is 6.29 Å². The summed E-state index contributed by atoms with van der Waals surface area (Å²) in [4.78, 5) is 13.3. The molecule has 2 heteroatoms. The number of rotatable bonds is 4. The Morgan fingerprint density at radius 3 is 2.62 bits per heavy atom. The third kappa shape index (κ3) is 2.81. The van der Waals surface area contributed by atoms with Gasteiger partial charge in [0, 0.05) is 13.0 Å². The van der Waals surface area contributed by atoms with Gasteiger partial charge in [-0.1, -0.05) is 20.8 Å². The molecule has 4 aliphatic rings. The van der Waals surface area contributed by atoms with Gasteiger partial charge in [-0.3, -0.25) is 0 Å². The zero-order valence-electron chi connectivity index (χ0n) is 17.7. The zero-order valence-corrected chi connectivity index (χ0v) is 17.7. The lowest BCUT2D eigenvalue weighted by molar-refractivity contribution is -0.142. The average molecular weight is 360 g/mol. The van der Waals surface area contributed by atoms with E-state index in [4.69, 9.17) is 0 Å². The van der Waals surface area contributed by atoms with Crippen LogP contribution in [0.2, 0.25) is 0 Å². The lowest BCUT2D eigenvalue weighted by Gasteiger charge is -2.63. The molecule has 26 heavy (non-hydrogen) atoms. The van der Waals surface area contributed by atoms with Crippen LogP contribution in [0, 0.1) is 46.3 Å². The third-order valence-corrected chi connectivity index (χ3v) is 10.1. The van der Waals surface area contributed by atoms with Crippen molar-refractivity contribution in [2.75, 3.05) is 20.1 Å². The second-order valence-corrected chi connectivity index (χ2v) is 11.1. The van der Waals surface area contributed by atoms with E-state index in [-0.39, 0.29) is 0 Å². The fourth-order valence-electron chi connectivity index (χ4n) is 8.54. The number of unbranched alkanes of at least 4 members (excludes halogenated alkanes) is 1. The van der Waals surface area contributed by atoms with E-state index in [1.165, 1.54) is 58.0 Å². The monoisotopic (exact) mass is 359 g/mol. The molecule has 3 aliphatic carbocycles. The third-order valence-electron chi connectivity index (χ3n) is 10.1. The van der Waals surface area contributed by atoms with Crippen molar-refractivity contribution in [3.63, 3.8) is 0 Å². The van der Waals surface area contributed by atoms with Gasteiger partial charge in [-0.2, -0.15) is 0 Å². The summed E-state index contributed by atoms with van der Waals surface area (Å²) in [6, 6.07) is 0. The first-order valence-corrected chi connectivity index (χ1v) is 11.5. The molecule has 3 saturated carbocycles. The highest BCUT2D eigenvalue weighted by Crippen LogP contribution is 2.68. The maximum Gasteiger partial charge on any atom is 0.119 e. The minimum Gasteiger partial charge on any atom is -0.306 e. The van der Waals surface area contributed by atoms with Crippen LogP contribution in [-0.2, 0) is 4.79 Å². The number of nitrogens with zero attached hydrogens (tertiary/aromatic N) is 1. The van der Waals surface area contributed by atoms with Crippen molar-refractivity contribution in [3.8, 4) is 0 Å². The number of fused-ring (bicyclic) bond motifs is 5. The number of hydrogen-bond donors (Lipinski definition) is 0. The van der Waals surface area contributed by atoms with E-state index in [1.54, 1.807) is 0 Å². The minimum absolute atomic E-state index is 0.562. The molecular formula is C24H41NO. The van der Waals surface area contributed by atoms with Crippen molar-refractivity contribution in [2.24, 2.45) is 46.3 Å². The fourth-order valence-corrected chi connectivity index (χ4v) is 8.54. The Bertz CT molecular complexity index is 532. The summed E-state index contributed by atoms with van der Waals surface area (Å²) in [6.07, 6.45) is 13.0. The molecule has 8 atom stereocenters. The molecule has 0 N–H and O–H groups in total. The van der Waals surface area contributed by atoms with Crippen LogP contribution in [0.4, 0.5) is 0 Å². The molecule has 2 nitrogen and oxygen atoms in total. The van der Waals surface area contributed by atoms with Crippen LogP contribution in [0.3, 0.4) is 0 Å². The molecule has 0 radical (unpaired) electrons. The van der Waals surface area contributed by atoms with Crippen LogP contribution in [0.25, 0.3) is 0 Å². The van der Waals surface area contributed by atoms with E-state index in [0.717, 1.165) is 54.6 Å². The summed E-state index contributed by atoms with van der Waals surface area (Å²) in [5.41, 5.74) is 1.16. The van der Waals surface area contributed by atoms with Crippen molar-refractivity contribution in [2.45, 2.75) is 78.6 Å². The first kappa shape index (κ1) is 19.0. The number of piperidine rings is 1. The van der Waals surface area contributed by atoms with Gasteiger partial charge in [0.15, 0.2) is 0 Å². The van der Waals surface area contributed by atoms with Gasteiger partial charge in [0.25, 0.3) is 0 Å². The van der Waals surface area contributed by atoms with Gasteiger partial charge in [-0.25, -0.2) is 0 Å². The maximum atomic E-state index is 10.8. The Labute approximate surface area is 161 Å². The topological polar surface area (TPSA) is 20.3 Å². The molecule has 4 fully saturated rings. The normalized spacial score (nSPS) is 51.4. The van der Waals surface area contributed by atoms with Crippen LogP contribution in [0.5, 0.6) is 0 Å². The summed E-state index contributed by atoms with van der Waals surface area (Å²) < 4.78 is 0. The summed E-state index contributed by atoms with van der Waals surface area (Å²) in [7, 11) is 2.33. The van der Waals surface area contributed by atoms with E-state index in [0.29, 0.717) is 10.8 Å². The second-order valence-electron chi connectivity index (χ2n) is 11.1. The molecule has 8 unspecified atom stereocenters. The molecular weight excluding hydrogens is 318 g/mol. The predicted molar refractivity (Wildman–Crippen MR) is 108 cm³/mol. The highest BCUT2D eigenvalue weighted by atomic mass is 16.1. The molecule has 1 heterocycles. The van der Waals surface area contributed by atoms with Crippen LogP contribution < -0.4 is 0 Å². The molecule has 0 aromatic heterocycles. The molecule has 0 bridgehead atoms. The number of aldehydes is 1. The van der Waals surface area contributed by atoms with E-state index in [2.05, 4.69) is 32.7 Å². The van der Waals surface area contributed by atoms with Crippen molar-refractivity contribution < 1.29 is 4.79 Å². The van der Waals surface area contributed by atoms with Gasteiger partial charge < -0.3 is 9.69 Å². The van der Waals surface area contributed by atoms with Gasteiger partial charge in [0.1, 0.15) is 6.29 Å². The van der Waals surface area contributed by atoms with Crippen LogP contribution in [0.15, 0.2) is 0 Å². The number of carbonyl (C=O) groups is 1. The van der Waals surface area contributed by atoms with Crippen molar-refractivity contribution in [1.29, 1.82) is 0 Å². The number of carbonyl (C=O) groups excluding carboxylic acids is 1. The largest absolute Gasteiger partial charge is 0.306 e. The van der Waals surface area contributed by atoms with Crippen molar-refractivity contribution in [1.82, 2.24) is 4.90 Å². The summed E-state index contributed by atoms with van der Waals surface area (Å²) in [6.45, 7) is 10.5. The van der Waals surface area contributed by atoms with Crippen molar-refractivity contribution in [3.05, 3.63) is 0 Å². The Morgan fingerprint density at radius 1 is 1.08 bits per heavy atom. The summed E-state index contributed by atoms with van der Waals surface area (Å²) in [5, 5.41) is 0. The van der Waals surface area contributed by atoms with Gasteiger partial charge >= 0.3 is 0 Å². The predicted octanol–water partition coefficient (Wildman–Crippen LogP) is 5.41. The quantitative estimate of drug-likeness (QED) is 0.494. The standard InChI is InChI=1S/C24H41NO/c1-17-15-19-16-25(4)13-12-24(19,3)21-10-11-23(2)18(7-5-6-14-26)8-9-20(23)22(17)21/h14,17-22H,5-13,15-16H2,1-4H3. The Balaban J connectivity index is 1.56. The fraction of sp³-hybridized carbons (Fsp3) is 0.958. The van der Waals surface area contributed by atoms with Gasteiger partial charge in [0.2, 0.25) is 0 Å². The highest BCUT2D eigenvalue weighted by molar-refractivity contribution is 5.48. The SMILES string of the molecule is CC1CC2CN(C)CCC2(C)C2CCC3(C)C(CCCC=O)CCC3C12. The Kier molecular flexibility index (Phi) is 5.04. The Morgan fingerprint density at radius 2 is 1.85 bits per heavy atom.